The normalized spacial score (nSPS) is 12.7. The largest absolute Gasteiger partial charge is 0.247 e. The van der Waals surface area contributed by atoms with Crippen molar-refractivity contribution in [2.24, 2.45) is 0 Å². The molecule has 0 aliphatic carbocycles. The molecule has 0 N–H and O–H groups in total. The van der Waals surface area contributed by atoms with Gasteiger partial charge in [0.1, 0.15) is 10.8 Å². The molecule has 2 aromatic carbocycles. The molecule has 0 fully saturated rings. The predicted octanol–water partition coefficient (Wildman–Crippen LogP) is 3.46. The number of fused-ring (bicyclic) bond motifs is 1. The minimum atomic E-state index is -1.17. The zero-order valence-electron chi connectivity index (χ0n) is 8.87. The maximum Gasteiger partial charge on any atom is 0.186 e. The lowest BCUT2D eigenvalue weighted by Crippen LogP contribution is -1.90. The third-order valence-electron chi connectivity index (χ3n) is 2.39. The first-order valence-electron chi connectivity index (χ1n) is 5.17. The highest BCUT2D eigenvalue weighted by Crippen LogP contribution is 2.26. The van der Waals surface area contributed by atoms with Gasteiger partial charge < -0.3 is 0 Å². The Morgan fingerprint density at radius 3 is 2.41 bits per heavy atom. The summed E-state index contributed by atoms with van der Waals surface area (Å²) in [5.74, 6) is 0. The second-order valence-corrected chi connectivity index (χ2v) is 6.21. The number of hydrogen-bond acceptors (Lipinski definition) is 3. The third kappa shape index (κ3) is 2.01. The molecule has 17 heavy (non-hydrogen) atoms. The SMILES string of the molecule is O=[S@](c1ccccc1)c1nc2ccccc2s1. The molecule has 84 valence electrons. The van der Waals surface area contributed by atoms with Gasteiger partial charge in [0.15, 0.2) is 4.34 Å². The van der Waals surface area contributed by atoms with Crippen LogP contribution in [-0.4, -0.2) is 9.19 Å². The predicted molar refractivity (Wildman–Crippen MR) is 70.7 cm³/mol. The van der Waals surface area contributed by atoms with Crippen molar-refractivity contribution < 1.29 is 4.21 Å². The third-order valence-corrected chi connectivity index (χ3v) is 5.03. The van der Waals surface area contributed by atoms with Crippen LogP contribution in [0.25, 0.3) is 10.2 Å². The topological polar surface area (TPSA) is 30.0 Å². The number of rotatable bonds is 2. The van der Waals surface area contributed by atoms with Gasteiger partial charge in [0, 0.05) is 4.90 Å². The van der Waals surface area contributed by atoms with Gasteiger partial charge in [-0.1, -0.05) is 30.3 Å². The number of nitrogens with zero attached hydrogens (tertiary/aromatic N) is 1. The van der Waals surface area contributed by atoms with Crippen molar-refractivity contribution in [1.29, 1.82) is 0 Å². The van der Waals surface area contributed by atoms with E-state index in [9.17, 15) is 4.21 Å². The van der Waals surface area contributed by atoms with Gasteiger partial charge in [-0.25, -0.2) is 9.19 Å². The molecule has 4 heteroatoms. The van der Waals surface area contributed by atoms with Crippen molar-refractivity contribution in [2.45, 2.75) is 9.24 Å². The minimum Gasteiger partial charge on any atom is -0.247 e. The van der Waals surface area contributed by atoms with E-state index >= 15 is 0 Å². The van der Waals surface area contributed by atoms with Crippen LogP contribution in [-0.2, 0) is 10.8 Å². The standard InChI is InChI=1S/C13H9NOS2/c15-17(10-6-2-1-3-7-10)13-14-11-8-4-5-9-12(11)16-13/h1-9H/t17-/m1/s1. The van der Waals surface area contributed by atoms with Crippen molar-refractivity contribution in [3.05, 3.63) is 54.6 Å². The zero-order valence-corrected chi connectivity index (χ0v) is 10.5. The Balaban J connectivity index is 2.07. The molecule has 0 spiro atoms. The summed E-state index contributed by atoms with van der Waals surface area (Å²) in [4.78, 5) is 5.21. The van der Waals surface area contributed by atoms with Crippen LogP contribution in [0.4, 0.5) is 0 Å². The molecule has 1 aromatic heterocycles. The minimum absolute atomic E-state index is 0.664. The molecular formula is C13H9NOS2. The van der Waals surface area contributed by atoms with E-state index in [0.29, 0.717) is 4.34 Å². The summed E-state index contributed by atoms with van der Waals surface area (Å²) in [5.41, 5.74) is 0.914. The Hall–Kier alpha value is -1.52. The van der Waals surface area contributed by atoms with Crippen LogP contribution in [0.15, 0.2) is 63.8 Å². The smallest absolute Gasteiger partial charge is 0.186 e. The summed E-state index contributed by atoms with van der Waals surface area (Å²) < 4.78 is 14.0. The van der Waals surface area contributed by atoms with Crippen LogP contribution < -0.4 is 0 Å². The number of thiazole rings is 1. The second-order valence-electron chi connectivity index (χ2n) is 3.53. The molecule has 2 nitrogen and oxygen atoms in total. The van der Waals surface area contributed by atoms with Gasteiger partial charge in [0.05, 0.1) is 10.2 Å². The van der Waals surface area contributed by atoms with Crippen molar-refractivity contribution >= 4 is 32.4 Å². The van der Waals surface area contributed by atoms with Gasteiger partial charge in [-0.05, 0) is 24.3 Å². The molecule has 0 aliphatic rings. The fourth-order valence-corrected chi connectivity index (χ4v) is 3.92. The van der Waals surface area contributed by atoms with E-state index < -0.39 is 10.8 Å². The molecule has 0 radical (unpaired) electrons. The van der Waals surface area contributed by atoms with Crippen LogP contribution in [0.2, 0.25) is 0 Å². The van der Waals surface area contributed by atoms with Gasteiger partial charge in [-0.3, -0.25) is 0 Å². The van der Waals surface area contributed by atoms with E-state index in [1.807, 2.05) is 54.6 Å². The van der Waals surface area contributed by atoms with E-state index in [0.717, 1.165) is 15.1 Å². The monoisotopic (exact) mass is 259 g/mol. The molecule has 3 rings (SSSR count). The van der Waals surface area contributed by atoms with E-state index in [1.54, 1.807) is 0 Å². The highest BCUT2D eigenvalue weighted by atomic mass is 32.2. The Morgan fingerprint density at radius 2 is 1.65 bits per heavy atom. The van der Waals surface area contributed by atoms with Crippen molar-refractivity contribution in [1.82, 2.24) is 4.98 Å². The molecule has 1 atom stereocenters. The number of hydrogen-bond donors (Lipinski definition) is 0. The van der Waals surface area contributed by atoms with Crippen LogP contribution in [0.3, 0.4) is 0 Å². The van der Waals surface area contributed by atoms with Crippen molar-refractivity contribution in [3.63, 3.8) is 0 Å². The average Bonchev–Trinajstić information content (AvgIpc) is 2.82. The average molecular weight is 259 g/mol. The lowest BCUT2D eigenvalue weighted by atomic mass is 10.3. The summed E-state index contributed by atoms with van der Waals surface area (Å²) in [6, 6.07) is 17.3. The van der Waals surface area contributed by atoms with Crippen LogP contribution in [0.1, 0.15) is 0 Å². The second kappa shape index (κ2) is 4.39. The highest BCUT2D eigenvalue weighted by Gasteiger charge is 2.11. The fraction of sp³-hybridized carbons (Fsp3) is 0. The number of benzene rings is 2. The summed E-state index contributed by atoms with van der Waals surface area (Å²) in [6.07, 6.45) is 0. The first-order valence-corrected chi connectivity index (χ1v) is 7.13. The molecule has 0 bridgehead atoms. The van der Waals surface area contributed by atoms with Crippen LogP contribution in [0, 0.1) is 0 Å². The molecule has 1 heterocycles. The first-order chi connectivity index (χ1) is 8.34. The van der Waals surface area contributed by atoms with E-state index in [2.05, 4.69) is 4.98 Å². The molecular weight excluding hydrogens is 250 g/mol. The number of para-hydroxylation sites is 1. The molecule has 0 saturated heterocycles. The first kappa shape index (κ1) is 10.6. The Kier molecular flexibility index (Phi) is 2.74. The van der Waals surface area contributed by atoms with Crippen LogP contribution in [0.5, 0.6) is 0 Å². The molecule has 0 aliphatic heterocycles. The lowest BCUT2D eigenvalue weighted by Gasteiger charge is -1.95. The van der Waals surface area contributed by atoms with Crippen molar-refractivity contribution in [2.75, 3.05) is 0 Å². The van der Waals surface area contributed by atoms with Gasteiger partial charge >= 0.3 is 0 Å². The summed E-state index contributed by atoms with van der Waals surface area (Å²) in [7, 11) is -1.17. The highest BCUT2D eigenvalue weighted by molar-refractivity contribution is 7.87. The lowest BCUT2D eigenvalue weighted by molar-refractivity contribution is 0.682. The Morgan fingerprint density at radius 1 is 0.941 bits per heavy atom. The maximum absolute atomic E-state index is 12.3. The van der Waals surface area contributed by atoms with Gasteiger partial charge in [-0.15, -0.1) is 11.3 Å². The Labute approximate surface area is 105 Å². The summed E-state index contributed by atoms with van der Waals surface area (Å²) in [5, 5.41) is 0. The summed E-state index contributed by atoms with van der Waals surface area (Å²) >= 11 is 1.49. The van der Waals surface area contributed by atoms with Gasteiger partial charge in [0.25, 0.3) is 0 Å². The summed E-state index contributed by atoms with van der Waals surface area (Å²) in [6.45, 7) is 0. The fourth-order valence-electron chi connectivity index (χ4n) is 1.58. The Bertz CT molecular complexity index is 643. The molecule has 0 saturated carbocycles. The van der Waals surface area contributed by atoms with E-state index in [4.69, 9.17) is 0 Å². The van der Waals surface area contributed by atoms with Gasteiger partial charge in [0.2, 0.25) is 0 Å². The zero-order chi connectivity index (χ0) is 11.7. The maximum atomic E-state index is 12.3. The quantitative estimate of drug-likeness (QED) is 0.705. The number of aromatic nitrogens is 1. The van der Waals surface area contributed by atoms with Crippen molar-refractivity contribution in [3.8, 4) is 0 Å². The van der Waals surface area contributed by atoms with E-state index in [1.165, 1.54) is 11.3 Å². The molecule has 0 amide bonds. The molecule has 0 unspecified atom stereocenters. The van der Waals surface area contributed by atoms with Gasteiger partial charge in [-0.2, -0.15) is 0 Å². The molecule has 3 aromatic rings. The van der Waals surface area contributed by atoms with E-state index in [-0.39, 0.29) is 0 Å². The van der Waals surface area contributed by atoms with Crippen LogP contribution >= 0.6 is 11.3 Å².